The van der Waals surface area contributed by atoms with Crippen LogP contribution in [0.3, 0.4) is 0 Å². The highest BCUT2D eigenvalue weighted by molar-refractivity contribution is 7.11. The summed E-state index contributed by atoms with van der Waals surface area (Å²) < 4.78 is 0. The molecule has 1 aromatic rings. The number of hydrogen-bond acceptors (Lipinski definition) is 1. The predicted octanol–water partition coefficient (Wildman–Crippen LogP) is 3.17. The first-order valence-electron chi connectivity index (χ1n) is 4.39. The summed E-state index contributed by atoms with van der Waals surface area (Å²) in [6.45, 7) is 0. The molecule has 1 atom stereocenters. The molecule has 1 heterocycles. The largest absolute Gasteiger partial charge is 0.142 e. The van der Waals surface area contributed by atoms with Gasteiger partial charge in [-0.15, -0.1) is 11.3 Å². The topological polar surface area (TPSA) is 0 Å². The van der Waals surface area contributed by atoms with Gasteiger partial charge < -0.3 is 0 Å². The molecule has 13 heavy (non-hydrogen) atoms. The zero-order chi connectivity index (χ0) is 9.26. The first-order chi connectivity index (χ1) is 6.27. The van der Waals surface area contributed by atoms with Crippen LogP contribution in [0.2, 0.25) is 10.8 Å². The minimum Gasteiger partial charge on any atom is -0.142 e. The van der Waals surface area contributed by atoms with Crippen molar-refractivity contribution in [1.82, 2.24) is 0 Å². The van der Waals surface area contributed by atoms with Gasteiger partial charge in [-0.25, -0.2) is 0 Å². The first kappa shape index (κ1) is 9.10. The maximum absolute atomic E-state index is 6.05. The lowest BCUT2D eigenvalue weighted by Gasteiger charge is -2.10. The van der Waals surface area contributed by atoms with E-state index in [1.165, 1.54) is 10.5 Å². The number of thiophene rings is 1. The smallest absolute Gasteiger partial charge is 0.110 e. The van der Waals surface area contributed by atoms with Crippen molar-refractivity contribution in [2.45, 2.75) is 12.2 Å². The molecule has 0 spiro atoms. The van der Waals surface area contributed by atoms with Gasteiger partial charge in [-0.3, -0.25) is 0 Å². The highest BCUT2D eigenvalue weighted by Crippen LogP contribution is 2.33. The first-order valence-corrected chi connectivity index (χ1v) is 5.65. The second-order valence-electron chi connectivity index (χ2n) is 3.33. The van der Waals surface area contributed by atoms with Crippen LogP contribution in [0.25, 0.3) is 5.57 Å². The lowest BCUT2D eigenvalue weighted by molar-refractivity contribution is 1.03. The molecule has 3 heteroatoms. The van der Waals surface area contributed by atoms with Crippen LogP contribution < -0.4 is 0 Å². The van der Waals surface area contributed by atoms with Gasteiger partial charge in [-0.05, 0) is 29.3 Å². The van der Waals surface area contributed by atoms with E-state index in [2.05, 4.69) is 26.1 Å². The van der Waals surface area contributed by atoms with Crippen LogP contribution in [-0.4, -0.2) is 7.85 Å². The zero-order valence-corrected chi connectivity index (χ0v) is 9.03. The minimum absolute atomic E-state index is 0.669. The van der Waals surface area contributed by atoms with E-state index in [0.29, 0.717) is 5.82 Å². The van der Waals surface area contributed by atoms with E-state index >= 15 is 0 Å². The van der Waals surface area contributed by atoms with Gasteiger partial charge in [0.25, 0.3) is 0 Å². The Balaban J connectivity index is 2.29. The molecule has 0 amide bonds. The molecule has 0 bridgehead atoms. The lowest BCUT2D eigenvalue weighted by Crippen LogP contribution is -1.91. The van der Waals surface area contributed by atoms with E-state index < -0.39 is 0 Å². The third-order valence-corrected chi connectivity index (χ3v) is 3.58. The van der Waals surface area contributed by atoms with Gasteiger partial charge in [-0.2, -0.15) is 0 Å². The van der Waals surface area contributed by atoms with Crippen molar-refractivity contribution in [2.75, 3.05) is 0 Å². The SMILES string of the molecule is BC1C=CC(c2sccc2Cl)=CC1. The summed E-state index contributed by atoms with van der Waals surface area (Å²) in [5, 5.41) is 2.90. The standard InChI is InChI=1S/C10H10BClS/c11-8-3-1-7(2-4-8)10-9(12)5-6-13-10/h1-3,5-6,8H,4,11H2. The fraction of sp³-hybridized carbons (Fsp3) is 0.200. The average Bonchev–Trinajstić information content (AvgIpc) is 2.53. The molecule has 1 aromatic heterocycles. The summed E-state index contributed by atoms with van der Waals surface area (Å²) in [4.78, 5) is 1.20. The Morgan fingerprint density at radius 3 is 2.92 bits per heavy atom. The van der Waals surface area contributed by atoms with Crippen molar-refractivity contribution in [3.63, 3.8) is 0 Å². The molecule has 66 valence electrons. The molecule has 0 fully saturated rings. The van der Waals surface area contributed by atoms with Crippen LogP contribution in [0, 0.1) is 0 Å². The lowest BCUT2D eigenvalue weighted by atomic mass is 9.81. The normalized spacial score (nSPS) is 21.6. The van der Waals surface area contributed by atoms with Crippen LogP contribution in [0.15, 0.2) is 29.7 Å². The molecule has 1 aliphatic rings. The average molecular weight is 209 g/mol. The summed E-state index contributed by atoms with van der Waals surface area (Å²) in [6, 6.07) is 1.95. The Labute approximate surface area is 88.3 Å². The number of halogens is 1. The van der Waals surface area contributed by atoms with E-state index in [-0.39, 0.29) is 0 Å². The summed E-state index contributed by atoms with van der Waals surface area (Å²) in [6.07, 6.45) is 7.81. The second-order valence-corrected chi connectivity index (χ2v) is 4.65. The Morgan fingerprint density at radius 2 is 2.38 bits per heavy atom. The van der Waals surface area contributed by atoms with Crippen molar-refractivity contribution in [1.29, 1.82) is 0 Å². The maximum Gasteiger partial charge on any atom is 0.110 e. The molecule has 0 aliphatic heterocycles. The second kappa shape index (κ2) is 3.73. The van der Waals surface area contributed by atoms with E-state index in [0.717, 1.165) is 11.4 Å². The Morgan fingerprint density at radius 1 is 1.54 bits per heavy atom. The Kier molecular flexibility index (Phi) is 2.61. The summed E-state index contributed by atoms with van der Waals surface area (Å²) in [5.41, 5.74) is 1.28. The molecule has 0 radical (unpaired) electrons. The molecular formula is C10H10BClS. The summed E-state index contributed by atoms with van der Waals surface area (Å²) in [7, 11) is 2.22. The van der Waals surface area contributed by atoms with Crippen molar-refractivity contribution in [2.24, 2.45) is 0 Å². The monoisotopic (exact) mass is 208 g/mol. The van der Waals surface area contributed by atoms with Gasteiger partial charge in [0.05, 0.1) is 9.90 Å². The fourth-order valence-corrected chi connectivity index (χ4v) is 2.58. The maximum atomic E-state index is 6.05. The van der Waals surface area contributed by atoms with E-state index in [1.54, 1.807) is 11.3 Å². The van der Waals surface area contributed by atoms with Crippen molar-refractivity contribution >= 4 is 36.4 Å². The number of allylic oxidation sites excluding steroid dienone is 4. The molecule has 0 aromatic carbocycles. The third-order valence-electron chi connectivity index (χ3n) is 2.19. The summed E-state index contributed by atoms with van der Waals surface area (Å²) in [5.74, 6) is 0.669. The van der Waals surface area contributed by atoms with Gasteiger partial charge >= 0.3 is 0 Å². The van der Waals surface area contributed by atoms with Crippen LogP contribution >= 0.6 is 22.9 Å². The molecule has 0 saturated heterocycles. The molecule has 1 unspecified atom stereocenters. The van der Waals surface area contributed by atoms with Crippen LogP contribution in [-0.2, 0) is 0 Å². The van der Waals surface area contributed by atoms with Gasteiger partial charge in [0.1, 0.15) is 7.85 Å². The fourth-order valence-electron chi connectivity index (χ4n) is 1.40. The van der Waals surface area contributed by atoms with Gasteiger partial charge in [-0.1, -0.05) is 29.8 Å². The van der Waals surface area contributed by atoms with Crippen molar-refractivity contribution < 1.29 is 0 Å². The van der Waals surface area contributed by atoms with Gasteiger partial charge in [0.2, 0.25) is 0 Å². The van der Waals surface area contributed by atoms with Gasteiger partial charge in [0.15, 0.2) is 0 Å². The molecule has 1 aliphatic carbocycles. The highest BCUT2D eigenvalue weighted by Gasteiger charge is 2.09. The third kappa shape index (κ3) is 1.89. The van der Waals surface area contributed by atoms with Crippen molar-refractivity contribution in [3.05, 3.63) is 39.6 Å². The molecule has 0 N–H and O–H groups in total. The Bertz CT molecular complexity index is 365. The summed E-state index contributed by atoms with van der Waals surface area (Å²) >= 11 is 7.75. The molecule has 2 rings (SSSR count). The van der Waals surface area contributed by atoms with Crippen LogP contribution in [0.4, 0.5) is 0 Å². The number of hydrogen-bond donors (Lipinski definition) is 0. The van der Waals surface area contributed by atoms with Gasteiger partial charge in [0, 0.05) is 0 Å². The van der Waals surface area contributed by atoms with Crippen molar-refractivity contribution in [3.8, 4) is 0 Å². The number of rotatable bonds is 1. The van der Waals surface area contributed by atoms with E-state index in [9.17, 15) is 0 Å². The van der Waals surface area contributed by atoms with Crippen LogP contribution in [0.5, 0.6) is 0 Å². The zero-order valence-electron chi connectivity index (χ0n) is 7.46. The Hall–Kier alpha value is -0.465. The molecule has 0 nitrogen and oxygen atoms in total. The highest BCUT2D eigenvalue weighted by atomic mass is 35.5. The molecule has 0 saturated carbocycles. The quantitative estimate of drug-likeness (QED) is 0.622. The van der Waals surface area contributed by atoms with E-state index in [1.807, 2.05) is 11.4 Å². The van der Waals surface area contributed by atoms with Crippen LogP contribution in [0.1, 0.15) is 11.3 Å². The predicted molar refractivity (Wildman–Crippen MR) is 63.4 cm³/mol. The minimum atomic E-state index is 0.669. The molecular weight excluding hydrogens is 198 g/mol. The van der Waals surface area contributed by atoms with E-state index in [4.69, 9.17) is 11.6 Å².